The quantitative estimate of drug-likeness (QED) is 0.815. The number of nitrogens with one attached hydrogen (secondary N) is 1. The standard InChI is InChI=1S/C11H13BrN2O/c12-8-3-1-2-7(4-8)10-5-9(13)6-11(15)14-10/h1-4,9-10H,5-6,13H2,(H,14,15). The number of amides is 1. The number of piperidine rings is 1. The van der Waals surface area contributed by atoms with Gasteiger partial charge in [-0.15, -0.1) is 0 Å². The summed E-state index contributed by atoms with van der Waals surface area (Å²) in [5.41, 5.74) is 6.92. The monoisotopic (exact) mass is 268 g/mol. The molecule has 1 aliphatic rings. The summed E-state index contributed by atoms with van der Waals surface area (Å²) < 4.78 is 1.02. The Labute approximate surface area is 97.2 Å². The number of hydrogen-bond acceptors (Lipinski definition) is 2. The second-order valence-electron chi connectivity index (χ2n) is 3.88. The molecule has 3 nitrogen and oxygen atoms in total. The highest BCUT2D eigenvalue weighted by molar-refractivity contribution is 9.10. The molecular formula is C11H13BrN2O. The van der Waals surface area contributed by atoms with Gasteiger partial charge in [-0.1, -0.05) is 28.1 Å². The Morgan fingerprint density at radius 3 is 2.93 bits per heavy atom. The molecule has 1 aliphatic heterocycles. The van der Waals surface area contributed by atoms with Crippen molar-refractivity contribution in [1.29, 1.82) is 0 Å². The number of carbonyl (C=O) groups excluding carboxylic acids is 1. The molecule has 1 amide bonds. The minimum Gasteiger partial charge on any atom is -0.349 e. The fraction of sp³-hybridized carbons (Fsp3) is 0.364. The van der Waals surface area contributed by atoms with E-state index in [0.717, 1.165) is 16.5 Å². The third-order valence-corrected chi connectivity index (χ3v) is 3.07. The summed E-state index contributed by atoms with van der Waals surface area (Å²) >= 11 is 3.42. The molecule has 0 aromatic heterocycles. The first kappa shape index (κ1) is 10.6. The smallest absolute Gasteiger partial charge is 0.222 e. The van der Waals surface area contributed by atoms with E-state index in [1.807, 2.05) is 24.3 Å². The third-order valence-electron chi connectivity index (χ3n) is 2.57. The molecular weight excluding hydrogens is 256 g/mol. The Kier molecular flexibility index (Phi) is 3.07. The molecule has 2 atom stereocenters. The SMILES string of the molecule is NC1CC(=O)NC(c2cccc(Br)c2)C1. The van der Waals surface area contributed by atoms with Crippen LogP contribution in [0, 0.1) is 0 Å². The van der Waals surface area contributed by atoms with Crippen molar-refractivity contribution in [3.8, 4) is 0 Å². The zero-order valence-corrected chi connectivity index (χ0v) is 9.83. The lowest BCUT2D eigenvalue weighted by Crippen LogP contribution is -2.42. The zero-order chi connectivity index (χ0) is 10.8. The molecule has 15 heavy (non-hydrogen) atoms. The number of benzene rings is 1. The molecule has 3 N–H and O–H groups in total. The van der Waals surface area contributed by atoms with Crippen LogP contribution in [0.25, 0.3) is 0 Å². The second kappa shape index (κ2) is 4.33. The number of halogens is 1. The van der Waals surface area contributed by atoms with Crippen LogP contribution in [0.4, 0.5) is 0 Å². The fourth-order valence-corrected chi connectivity index (χ4v) is 2.30. The highest BCUT2D eigenvalue weighted by Gasteiger charge is 2.24. The van der Waals surface area contributed by atoms with Gasteiger partial charge >= 0.3 is 0 Å². The van der Waals surface area contributed by atoms with E-state index in [4.69, 9.17) is 5.73 Å². The van der Waals surface area contributed by atoms with E-state index < -0.39 is 0 Å². The van der Waals surface area contributed by atoms with Crippen molar-refractivity contribution >= 4 is 21.8 Å². The van der Waals surface area contributed by atoms with E-state index >= 15 is 0 Å². The maximum absolute atomic E-state index is 11.3. The molecule has 1 aromatic rings. The Bertz CT molecular complexity index is 381. The normalized spacial score (nSPS) is 26.1. The molecule has 1 aromatic carbocycles. The van der Waals surface area contributed by atoms with E-state index in [-0.39, 0.29) is 18.0 Å². The predicted octanol–water partition coefficient (Wildman–Crippen LogP) is 1.73. The van der Waals surface area contributed by atoms with Gasteiger partial charge in [0.25, 0.3) is 0 Å². The van der Waals surface area contributed by atoms with Crippen molar-refractivity contribution in [2.24, 2.45) is 5.73 Å². The first-order chi connectivity index (χ1) is 7.15. The van der Waals surface area contributed by atoms with Crippen LogP contribution in [0.1, 0.15) is 24.4 Å². The summed E-state index contributed by atoms with van der Waals surface area (Å²) in [4.78, 5) is 11.3. The minimum absolute atomic E-state index is 0.0252. The van der Waals surface area contributed by atoms with Crippen molar-refractivity contribution in [3.05, 3.63) is 34.3 Å². The highest BCUT2D eigenvalue weighted by atomic mass is 79.9. The van der Waals surface area contributed by atoms with Gasteiger partial charge in [0.1, 0.15) is 0 Å². The predicted molar refractivity (Wildman–Crippen MR) is 62.2 cm³/mol. The maximum atomic E-state index is 11.3. The van der Waals surface area contributed by atoms with Crippen LogP contribution >= 0.6 is 15.9 Å². The van der Waals surface area contributed by atoms with Crippen molar-refractivity contribution in [2.45, 2.75) is 24.9 Å². The van der Waals surface area contributed by atoms with Gasteiger partial charge in [0.05, 0.1) is 6.04 Å². The first-order valence-electron chi connectivity index (χ1n) is 4.95. The van der Waals surface area contributed by atoms with Gasteiger partial charge in [-0.2, -0.15) is 0 Å². The van der Waals surface area contributed by atoms with Crippen molar-refractivity contribution in [3.63, 3.8) is 0 Å². The van der Waals surface area contributed by atoms with Gasteiger partial charge < -0.3 is 11.1 Å². The number of carbonyl (C=O) groups is 1. The largest absolute Gasteiger partial charge is 0.349 e. The Morgan fingerprint density at radius 1 is 1.47 bits per heavy atom. The number of hydrogen-bond donors (Lipinski definition) is 2. The fourth-order valence-electron chi connectivity index (χ4n) is 1.88. The minimum atomic E-state index is -0.0252. The molecule has 2 unspecified atom stereocenters. The molecule has 0 spiro atoms. The zero-order valence-electron chi connectivity index (χ0n) is 8.24. The van der Waals surface area contributed by atoms with Crippen LogP contribution in [0.5, 0.6) is 0 Å². The van der Waals surface area contributed by atoms with Crippen molar-refractivity contribution in [1.82, 2.24) is 5.32 Å². The summed E-state index contributed by atoms with van der Waals surface area (Å²) in [6.07, 6.45) is 1.24. The molecule has 4 heteroatoms. The molecule has 0 saturated carbocycles. The van der Waals surface area contributed by atoms with Crippen molar-refractivity contribution < 1.29 is 4.79 Å². The molecule has 0 radical (unpaired) electrons. The van der Waals surface area contributed by atoms with Crippen LogP contribution < -0.4 is 11.1 Å². The Balaban J connectivity index is 2.19. The second-order valence-corrected chi connectivity index (χ2v) is 4.79. The van der Waals surface area contributed by atoms with Crippen LogP contribution in [-0.4, -0.2) is 11.9 Å². The highest BCUT2D eigenvalue weighted by Crippen LogP contribution is 2.24. The average molecular weight is 269 g/mol. The van der Waals surface area contributed by atoms with Crippen molar-refractivity contribution in [2.75, 3.05) is 0 Å². The number of rotatable bonds is 1. The van der Waals surface area contributed by atoms with Gasteiger partial charge in [0, 0.05) is 16.9 Å². The topological polar surface area (TPSA) is 55.1 Å². The van der Waals surface area contributed by atoms with Gasteiger partial charge in [-0.05, 0) is 24.1 Å². The molecule has 0 aliphatic carbocycles. The summed E-state index contributed by atoms with van der Waals surface area (Å²) in [5.74, 6) is 0.0405. The summed E-state index contributed by atoms with van der Waals surface area (Å²) in [7, 11) is 0. The van der Waals surface area contributed by atoms with Crippen LogP contribution in [0.15, 0.2) is 28.7 Å². The van der Waals surface area contributed by atoms with E-state index in [0.29, 0.717) is 6.42 Å². The summed E-state index contributed by atoms with van der Waals surface area (Å²) in [6, 6.07) is 7.98. The van der Waals surface area contributed by atoms with Gasteiger partial charge in [-0.25, -0.2) is 0 Å². The maximum Gasteiger partial charge on any atom is 0.222 e. The Hall–Kier alpha value is -0.870. The summed E-state index contributed by atoms with van der Waals surface area (Å²) in [5, 5.41) is 2.95. The number of nitrogens with two attached hydrogens (primary N) is 1. The molecule has 1 saturated heterocycles. The molecule has 80 valence electrons. The van der Waals surface area contributed by atoms with Crippen LogP contribution in [0.2, 0.25) is 0 Å². The summed E-state index contributed by atoms with van der Waals surface area (Å²) in [6.45, 7) is 0. The van der Waals surface area contributed by atoms with E-state index in [2.05, 4.69) is 21.2 Å². The van der Waals surface area contributed by atoms with Gasteiger partial charge in [0.2, 0.25) is 5.91 Å². The average Bonchev–Trinajstić information content (AvgIpc) is 2.16. The van der Waals surface area contributed by atoms with Gasteiger partial charge in [-0.3, -0.25) is 4.79 Å². The van der Waals surface area contributed by atoms with E-state index in [1.165, 1.54) is 0 Å². The lowest BCUT2D eigenvalue weighted by atomic mass is 9.94. The molecule has 1 fully saturated rings. The lowest BCUT2D eigenvalue weighted by molar-refractivity contribution is -0.123. The Morgan fingerprint density at radius 2 is 2.27 bits per heavy atom. The van der Waals surface area contributed by atoms with Crippen LogP contribution in [0.3, 0.4) is 0 Å². The third kappa shape index (κ3) is 2.58. The first-order valence-corrected chi connectivity index (χ1v) is 5.75. The van der Waals surface area contributed by atoms with Gasteiger partial charge in [0.15, 0.2) is 0 Å². The lowest BCUT2D eigenvalue weighted by Gasteiger charge is -2.28. The molecule has 2 rings (SSSR count). The van der Waals surface area contributed by atoms with Crippen LogP contribution in [-0.2, 0) is 4.79 Å². The van der Waals surface area contributed by atoms with E-state index in [1.54, 1.807) is 0 Å². The molecule has 0 bridgehead atoms. The van der Waals surface area contributed by atoms with E-state index in [9.17, 15) is 4.79 Å². The molecule has 1 heterocycles.